The van der Waals surface area contributed by atoms with Crippen LogP contribution in [0.5, 0.6) is 5.75 Å². The van der Waals surface area contributed by atoms with Crippen LogP contribution in [0.4, 0.5) is 13.9 Å². The van der Waals surface area contributed by atoms with Crippen molar-refractivity contribution < 1.29 is 23.1 Å². The van der Waals surface area contributed by atoms with Gasteiger partial charge in [-0.2, -0.15) is 8.78 Å². The van der Waals surface area contributed by atoms with Gasteiger partial charge in [-0.05, 0) is 37.1 Å². The second-order valence-electron chi connectivity index (χ2n) is 5.39. The van der Waals surface area contributed by atoms with Crippen LogP contribution in [0.25, 0.3) is 0 Å². The zero-order valence-corrected chi connectivity index (χ0v) is 13.8. The maximum Gasteiger partial charge on any atom is 0.387 e. The Kier molecular flexibility index (Phi) is 5.22. The van der Waals surface area contributed by atoms with Gasteiger partial charge in [0, 0.05) is 23.7 Å². The number of carbonyl (C=O) groups is 2. The third kappa shape index (κ3) is 4.11. The number of thiazole rings is 1. The number of hydrogen-bond acceptors (Lipinski definition) is 5. The molecule has 132 valence electrons. The molecule has 1 saturated heterocycles. The van der Waals surface area contributed by atoms with Gasteiger partial charge in [-0.15, -0.1) is 11.3 Å². The summed E-state index contributed by atoms with van der Waals surface area (Å²) in [6.07, 6.45) is 2.87. The number of rotatable bonds is 5. The van der Waals surface area contributed by atoms with Crippen LogP contribution in [0.3, 0.4) is 0 Å². The topological polar surface area (TPSA) is 71.5 Å². The molecule has 3 rings (SSSR count). The maximum absolute atomic E-state index is 12.6. The van der Waals surface area contributed by atoms with E-state index >= 15 is 0 Å². The van der Waals surface area contributed by atoms with Crippen LogP contribution >= 0.6 is 11.3 Å². The summed E-state index contributed by atoms with van der Waals surface area (Å²) in [6.45, 7) is -2.46. The summed E-state index contributed by atoms with van der Waals surface area (Å²) in [5.41, 5.74) is 0.315. The number of likely N-dealkylation sites (tertiary alicyclic amines) is 1. The summed E-state index contributed by atoms with van der Waals surface area (Å²) in [4.78, 5) is 30.5. The van der Waals surface area contributed by atoms with E-state index in [0.717, 1.165) is 0 Å². The zero-order valence-electron chi connectivity index (χ0n) is 13.0. The minimum Gasteiger partial charge on any atom is -0.435 e. The fraction of sp³-hybridized carbons (Fsp3) is 0.312. The molecule has 2 aromatic rings. The smallest absolute Gasteiger partial charge is 0.387 e. The molecule has 1 aliphatic rings. The number of nitrogens with one attached hydrogen (secondary N) is 1. The molecule has 25 heavy (non-hydrogen) atoms. The molecule has 1 aromatic heterocycles. The first-order valence-corrected chi connectivity index (χ1v) is 8.49. The molecule has 2 amide bonds. The van der Waals surface area contributed by atoms with Gasteiger partial charge in [0.25, 0.3) is 5.91 Å². The van der Waals surface area contributed by atoms with Gasteiger partial charge >= 0.3 is 6.61 Å². The number of anilines is 1. The van der Waals surface area contributed by atoms with Gasteiger partial charge in [-0.1, -0.05) is 0 Å². The van der Waals surface area contributed by atoms with Crippen LogP contribution in [0.1, 0.15) is 23.2 Å². The SMILES string of the molecule is O=C(Nc1nccs1)C1CCCN1C(=O)c1ccc(OC(F)F)cc1. The summed E-state index contributed by atoms with van der Waals surface area (Å²) in [5, 5.41) is 4.93. The third-order valence-electron chi connectivity index (χ3n) is 3.81. The van der Waals surface area contributed by atoms with Gasteiger partial charge in [0.05, 0.1) is 0 Å². The highest BCUT2D eigenvalue weighted by Crippen LogP contribution is 2.23. The second kappa shape index (κ2) is 7.56. The van der Waals surface area contributed by atoms with Crippen LogP contribution in [0.15, 0.2) is 35.8 Å². The molecule has 0 saturated carbocycles. The minimum absolute atomic E-state index is 0.0222. The number of hydrogen-bond donors (Lipinski definition) is 1. The summed E-state index contributed by atoms with van der Waals surface area (Å²) in [5.74, 6) is -0.620. The fourth-order valence-corrected chi connectivity index (χ4v) is 3.23. The Bertz CT molecular complexity index is 738. The summed E-state index contributed by atoms with van der Waals surface area (Å²) >= 11 is 1.30. The first kappa shape index (κ1) is 17.3. The highest BCUT2D eigenvalue weighted by molar-refractivity contribution is 7.13. The lowest BCUT2D eigenvalue weighted by atomic mass is 10.1. The van der Waals surface area contributed by atoms with Crippen molar-refractivity contribution in [2.45, 2.75) is 25.5 Å². The molecule has 1 fully saturated rings. The van der Waals surface area contributed by atoms with E-state index in [4.69, 9.17) is 0 Å². The number of ether oxygens (including phenoxy) is 1. The molecule has 6 nitrogen and oxygen atoms in total. The van der Waals surface area contributed by atoms with Crippen LogP contribution in [0, 0.1) is 0 Å². The minimum atomic E-state index is -2.92. The molecule has 1 atom stereocenters. The molecule has 0 radical (unpaired) electrons. The van der Waals surface area contributed by atoms with Gasteiger partial charge in [-0.3, -0.25) is 9.59 Å². The normalized spacial score (nSPS) is 16.9. The van der Waals surface area contributed by atoms with E-state index in [1.54, 1.807) is 11.6 Å². The number of nitrogens with zero attached hydrogens (tertiary/aromatic N) is 2. The zero-order chi connectivity index (χ0) is 17.8. The molecule has 9 heteroatoms. The highest BCUT2D eigenvalue weighted by atomic mass is 32.1. The lowest BCUT2D eigenvalue weighted by Gasteiger charge is -2.23. The molecule has 1 unspecified atom stereocenters. The first-order chi connectivity index (χ1) is 12.0. The fourth-order valence-electron chi connectivity index (χ4n) is 2.70. The standard InChI is InChI=1S/C16H15F2N3O3S/c17-15(18)24-11-5-3-10(4-6-11)14(23)21-8-1-2-12(21)13(22)20-16-19-7-9-25-16/h3-7,9,12,15H,1-2,8H2,(H,19,20,22). The number of amides is 2. The Balaban J connectivity index is 1.68. The van der Waals surface area contributed by atoms with Crippen molar-refractivity contribution in [3.05, 3.63) is 41.4 Å². The molecule has 1 aromatic carbocycles. The van der Waals surface area contributed by atoms with E-state index in [2.05, 4.69) is 15.0 Å². The van der Waals surface area contributed by atoms with Crippen molar-refractivity contribution in [1.82, 2.24) is 9.88 Å². The average molecular weight is 367 g/mol. The number of aromatic nitrogens is 1. The number of carbonyl (C=O) groups excluding carboxylic acids is 2. The molecular weight excluding hydrogens is 352 g/mol. The van der Waals surface area contributed by atoms with Gasteiger partial charge in [0.15, 0.2) is 5.13 Å². The van der Waals surface area contributed by atoms with Crippen LogP contribution in [-0.2, 0) is 4.79 Å². The third-order valence-corrected chi connectivity index (χ3v) is 4.49. The van der Waals surface area contributed by atoms with E-state index in [-0.39, 0.29) is 17.6 Å². The molecule has 0 aliphatic carbocycles. The average Bonchev–Trinajstić information content (AvgIpc) is 3.25. The predicted molar refractivity (Wildman–Crippen MR) is 87.9 cm³/mol. The van der Waals surface area contributed by atoms with Crippen molar-refractivity contribution in [3.63, 3.8) is 0 Å². The van der Waals surface area contributed by atoms with Crippen molar-refractivity contribution in [2.24, 2.45) is 0 Å². The molecule has 0 spiro atoms. The first-order valence-electron chi connectivity index (χ1n) is 7.61. The van der Waals surface area contributed by atoms with Gasteiger partial charge in [0.1, 0.15) is 11.8 Å². The van der Waals surface area contributed by atoms with E-state index in [1.165, 1.54) is 40.5 Å². The second-order valence-corrected chi connectivity index (χ2v) is 6.28. The summed E-state index contributed by atoms with van der Waals surface area (Å²) < 4.78 is 28.6. The van der Waals surface area contributed by atoms with Crippen molar-refractivity contribution in [2.75, 3.05) is 11.9 Å². The molecule has 1 aliphatic heterocycles. The lowest BCUT2D eigenvalue weighted by Crippen LogP contribution is -2.43. The van der Waals surface area contributed by atoms with Gasteiger partial charge in [-0.25, -0.2) is 4.98 Å². The Morgan fingerprint density at radius 1 is 1.32 bits per heavy atom. The summed E-state index contributed by atoms with van der Waals surface area (Å²) in [7, 11) is 0. The molecule has 0 bridgehead atoms. The lowest BCUT2D eigenvalue weighted by molar-refractivity contribution is -0.119. The number of benzene rings is 1. The predicted octanol–water partition coefficient (Wildman–Crippen LogP) is 2.99. The Morgan fingerprint density at radius 2 is 2.08 bits per heavy atom. The van der Waals surface area contributed by atoms with Crippen LogP contribution in [0.2, 0.25) is 0 Å². The molecule has 2 heterocycles. The summed E-state index contributed by atoms with van der Waals surface area (Å²) in [6, 6.07) is 4.86. The van der Waals surface area contributed by atoms with Crippen molar-refractivity contribution in [1.29, 1.82) is 0 Å². The van der Waals surface area contributed by atoms with Gasteiger partial charge in [0.2, 0.25) is 5.91 Å². The molecule has 1 N–H and O–H groups in total. The van der Waals surface area contributed by atoms with E-state index < -0.39 is 12.7 Å². The quantitative estimate of drug-likeness (QED) is 0.882. The van der Waals surface area contributed by atoms with Crippen LogP contribution in [-0.4, -0.2) is 40.9 Å². The van der Waals surface area contributed by atoms with E-state index in [9.17, 15) is 18.4 Å². The van der Waals surface area contributed by atoms with E-state index in [0.29, 0.717) is 30.1 Å². The maximum atomic E-state index is 12.6. The van der Waals surface area contributed by atoms with Crippen molar-refractivity contribution in [3.8, 4) is 5.75 Å². The monoisotopic (exact) mass is 367 g/mol. The highest BCUT2D eigenvalue weighted by Gasteiger charge is 2.34. The van der Waals surface area contributed by atoms with Gasteiger partial charge < -0.3 is 15.0 Å². The Morgan fingerprint density at radius 3 is 2.72 bits per heavy atom. The van der Waals surface area contributed by atoms with Crippen LogP contribution < -0.4 is 10.1 Å². The largest absolute Gasteiger partial charge is 0.435 e. The van der Waals surface area contributed by atoms with E-state index in [1.807, 2.05) is 0 Å². The molecular formula is C16H15F2N3O3S. The Hall–Kier alpha value is -2.55. The number of halogens is 2. The number of alkyl halides is 2. The van der Waals surface area contributed by atoms with Crippen molar-refractivity contribution >= 4 is 28.3 Å². The Labute approximate surface area is 146 Å².